The van der Waals surface area contributed by atoms with Crippen molar-refractivity contribution in [2.45, 2.75) is 0 Å². The van der Waals surface area contributed by atoms with Crippen molar-refractivity contribution < 1.29 is 31.2 Å². The van der Waals surface area contributed by atoms with E-state index in [0.29, 0.717) is 12.3 Å². The molecule has 7 heteroatoms. The summed E-state index contributed by atoms with van der Waals surface area (Å²) >= 11 is 0. The lowest BCUT2D eigenvalue weighted by atomic mass is 10.1. The van der Waals surface area contributed by atoms with Crippen LogP contribution < -0.4 is 27.2 Å². The SMILES string of the molecule is O=C(C[N+]12CCN(CC1)CC2)Nc1ccc2c(c1)OCO2.[Cl-]. The van der Waals surface area contributed by atoms with Gasteiger partial charge >= 0.3 is 0 Å². The van der Waals surface area contributed by atoms with E-state index in [-0.39, 0.29) is 25.1 Å². The number of carbonyl (C=O) groups is 1. The van der Waals surface area contributed by atoms with Gasteiger partial charge in [0.2, 0.25) is 6.79 Å². The van der Waals surface area contributed by atoms with Gasteiger partial charge in [0.25, 0.3) is 5.91 Å². The lowest BCUT2D eigenvalue weighted by Gasteiger charge is -2.50. The molecule has 1 amide bonds. The number of amides is 1. The van der Waals surface area contributed by atoms with Crippen molar-refractivity contribution in [1.29, 1.82) is 0 Å². The predicted octanol–water partition coefficient (Wildman–Crippen LogP) is -2.50. The van der Waals surface area contributed by atoms with Crippen LogP contribution >= 0.6 is 0 Å². The largest absolute Gasteiger partial charge is 1.00 e. The number of hydrogen-bond donors (Lipinski definition) is 1. The molecular weight excluding hydrogens is 306 g/mol. The van der Waals surface area contributed by atoms with Crippen LogP contribution in [0.25, 0.3) is 0 Å². The van der Waals surface area contributed by atoms with E-state index in [1.54, 1.807) is 0 Å². The van der Waals surface area contributed by atoms with Crippen molar-refractivity contribution in [1.82, 2.24) is 4.90 Å². The molecule has 1 aromatic carbocycles. The number of fused-ring (bicyclic) bond motifs is 4. The third-order valence-corrected chi connectivity index (χ3v) is 4.81. The number of ether oxygens (including phenoxy) is 2. The Hall–Kier alpha value is -1.50. The van der Waals surface area contributed by atoms with Gasteiger partial charge in [-0.3, -0.25) is 9.69 Å². The van der Waals surface area contributed by atoms with Crippen LogP contribution in [0.4, 0.5) is 5.69 Å². The lowest BCUT2D eigenvalue weighted by Crippen LogP contribution is -3.00. The predicted molar refractivity (Wildman–Crippen MR) is 77.4 cm³/mol. The third kappa shape index (κ3) is 2.86. The zero-order valence-corrected chi connectivity index (χ0v) is 13.1. The van der Waals surface area contributed by atoms with Crippen LogP contribution in [-0.4, -0.2) is 67.9 Å². The fourth-order valence-electron chi connectivity index (χ4n) is 3.45. The van der Waals surface area contributed by atoms with E-state index in [1.807, 2.05) is 18.2 Å². The molecule has 3 saturated heterocycles. The number of carbonyl (C=O) groups excluding carboxylic acids is 1. The van der Waals surface area contributed by atoms with Gasteiger partial charge in [-0.1, -0.05) is 0 Å². The average molecular weight is 326 g/mol. The van der Waals surface area contributed by atoms with Gasteiger partial charge in [-0.2, -0.15) is 0 Å². The van der Waals surface area contributed by atoms with Gasteiger partial charge in [-0.15, -0.1) is 0 Å². The second kappa shape index (κ2) is 5.95. The van der Waals surface area contributed by atoms with Crippen LogP contribution in [0, 0.1) is 0 Å². The molecule has 4 aliphatic heterocycles. The van der Waals surface area contributed by atoms with Gasteiger partial charge in [-0.25, -0.2) is 0 Å². The van der Waals surface area contributed by atoms with E-state index >= 15 is 0 Å². The van der Waals surface area contributed by atoms with E-state index in [2.05, 4.69) is 10.2 Å². The number of benzene rings is 1. The van der Waals surface area contributed by atoms with Crippen molar-refractivity contribution in [3.05, 3.63) is 18.2 Å². The Morgan fingerprint density at radius 3 is 2.55 bits per heavy atom. The molecular formula is C15H20ClN3O3. The zero-order valence-electron chi connectivity index (χ0n) is 12.4. The lowest BCUT2D eigenvalue weighted by molar-refractivity contribution is -0.933. The molecule has 0 aromatic heterocycles. The van der Waals surface area contributed by atoms with E-state index in [0.717, 1.165) is 55.2 Å². The molecule has 6 nitrogen and oxygen atoms in total. The summed E-state index contributed by atoms with van der Waals surface area (Å²) in [5.41, 5.74) is 0.776. The van der Waals surface area contributed by atoms with Crippen LogP contribution in [0.1, 0.15) is 0 Å². The molecule has 0 aliphatic carbocycles. The molecule has 1 aromatic rings. The van der Waals surface area contributed by atoms with E-state index in [1.165, 1.54) is 0 Å². The minimum Gasteiger partial charge on any atom is -1.00 e. The first-order valence-electron chi connectivity index (χ1n) is 7.49. The smallest absolute Gasteiger partial charge is 0.279 e. The van der Waals surface area contributed by atoms with Crippen molar-refractivity contribution >= 4 is 11.6 Å². The number of piperazine rings is 3. The average Bonchev–Trinajstić information content (AvgIpc) is 2.96. The third-order valence-electron chi connectivity index (χ3n) is 4.81. The fourth-order valence-corrected chi connectivity index (χ4v) is 3.45. The maximum Gasteiger partial charge on any atom is 0.279 e. The molecule has 0 saturated carbocycles. The molecule has 120 valence electrons. The highest BCUT2D eigenvalue weighted by Crippen LogP contribution is 2.34. The Balaban J connectivity index is 0.00000144. The maximum absolute atomic E-state index is 12.3. The second-order valence-electron chi connectivity index (χ2n) is 6.13. The Morgan fingerprint density at radius 1 is 1.14 bits per heavy atom. The Bertz CT molecular complexity index is 559. The van der Waals surface area contributed by atoms with E-state index in [4.69, 9.17) is 9.47 Å². The summed E-state index contributed by atoms with van der Waals surface area (Å²) in [6.45, 7) is 7.47. The minimum absolute atomic E-state index is 0. The molecule has 0 spiro atoms. The standard InChI is InChI=1S/C15H19N3O3.ClH/c19-15(10-18-6-3-17(4-7-18)5-8-18)16-12-1-2-13-14(9-12)21-11-20-13;/h1-2,9H,3-8,10-11H2;1H. The molecule has 0 radical (unpaired) electrons. The van der Waals surface area contributed by atoms with Crippen LogP contribution in [0.5, 0.6) is 11.5 Å². The Morgan fingerprint density at radius 2 is 1.82 bits per heavy atom. The molecule has 4 aliphatic rings. The molecule has 22 heavy (non-hydrogen) atoms. The fraction of sp³-hybridized carbons (Fsp3) is 0.533. The summed E-state index contributed by atoms with van der Waals surface area (Å²) in [7, 11) is 0. The van der Waals surface area contributed by atoms with Crippen LogP contribution in [-0.2, 0) is 4.79 Å². The number of hydrogen-bond acceptors (Lipinski definition) is 4. The summed E-state index contributed by atoms with van der Waals surface area (Å²) in [4.78, 5) is 14.8. The van der Waals surface area contributed by atoms with Crippen molar-refractivity contribution in [2.24, 2.45) is 0 Å². The highest BCUT2D eigenvalue weighted by atomic mass is 35.5. The number of anilines is 1. The van der Waals surface area contributed by atoms with Crippen LogP contribution in [0.2, 0.25) is 0 Å². The van der Waals surface area contributed by atoms with E-state index in [9.17, 15) is 4.79 Å². The summed E-state index contributed by atoms with van der Waals surface area (Å²) < 4.78 is 11.5. The van der Waals surface area contributed by atoms with Gasteiger partial charge in [0.05, 0.1) is 19.6 Å². The first-order valence-corrected chi connectivity index (χ1v) is 7.49. The van der Waals surface area contributed by atoms with Gasteiger partial charge in [0, 0.05) is 31.4 Å². The Labute approximate surface area is 136 Å². The molecule has 5 rings (SSSR count). The van der Waals surface area contributed by atoms with E-state index < -0.39 is 0 Å². The monoisotopic (exact) mass is 325 g/mol. The number of quaternary nitrogens is 1. The van der Waals surface area contributed by atoms with Gasteiger partial charge in [0.15, 0.2) is 18.0 Å². The second-order valence-corrected chi connectivity index (χ2v) is 6.13. The van der Waals surface area contributed by atoms with Crippen molar-refractivity contribution in [3.8, 4) is 11.5 Å². The summed E-state index contributed by atoms with van der Waals surface area (Å²) in [6.07, 6.45) is 0. The summed E-state index contributed by atoms with van der Waals surface area (Å²) in [5.74, 6) is 1.53. The van der Waals surface area contributed by atoms with Crippen molar-refractivity contribution in [2.75, 3.05) is 57.9 Å². The van der Waals surface area contributed by atoms with Crippen LogP contribution in [0.15, 0.2) is 18.2 Å². The molecule has 4 heterocycles. The highest BCUT2D eigenvalue weighted by molar-refractivity contribution is 5.92. The van der Waals surface area contributed by atoms with Gasteiger partial charge in [0.1, 0.15) is 0 Å². The minimum atomic E-state index is 0. The number of nitrogens with zero attached hydrogens (tertiary/aromatic N) is 2. The molecule has 0 unspecified atom stereocenters. The molecule has 1 N–H and O–H groups in total. The first kappa shape index (κ1) is 15.4. The highest BCUT2D eigenvalue weighted by Gasteiger charge is 2.39. The van der Waals surface area contributed by atoms with Gasteiger partial charge < -0.3 is 31.7 Å². The maximum atomic E-state index is 12.3. The topological polar surface area (TPSA) is 50.8 Å². The van der Waals surface area contributed by atoms with Crippen LogP contribution in [0.3, 0.4) is 0 Å². The zero-order chi connectivity index (χ0) is 14.3. The van der Waals surface area contributed by atoms with Gasteiger partial charge in [-0.05, 0) is 12.1 Å². The normalized spacial score (nSPS) is 28.1. The number of rotatable bonds is 3. The number of nitrogens with one attached hydrogen (secondary N) is 1. The summed E-state index contributed by atoms with van der Waals surface area (Å²) in [5, 5.41) is 2.99. The quantitative estimate of drug-likeness (QED) is 0.625. The van der Waals surface area contributed by atoms with Crippen molar-refractivity contribution in [3.63, 3.8) is 0 Å². The number of halogens is 1. The molecule has 2 bridgehead atoms. The molecule has 0 atom stereocenters. The first-order chi connectivity index (χ1) is 10.2. The molecule has 3 fully saturated rings. The Kier molecular flexibility index (Phi) is 4.16. The summed E-state index contributed by atoms with van der Waals surface area (Å²) in [6, 6.07) is 5.53.